The van der Waals surface area contributed by atoms with E-state index >= 15 is 0 Å². The number of nitrogens with one attached hydrogen (secondary N) is 1. The molecule has 5 nitrogen and oxygen atoms in total. The highest BCUT2D eigenvalue weighted by molar-refractivity contribution is 7.08. The van der Waals surface area contributed by atoms with Crippen LogP contribution in [0.3, 0.4) is 0 Å². The molecule has 1 aromatic heterocycles. The largest absolute Gasteiger partial charge is 0.396 e. The molecule has 0 bridgehead atoms. The van der Waals surface area contributed by atoms with Crippen LogP contribution in [-0.4, -0.2) is 33.8 Å². The van der Waals surface area contributed by atoms with Crippen LogP contribution in [0.4, 0.5) is 0 Å². The monoisotopic (exact) mass is 241 g/mol. The van der Waals surface area contributed by atoms with Gasteiger partial charge in [0.1, 0.15) is 4.88 Å². The van der Waals surface area contributed by atoms with Crippen LogP contribution in [0.25, 0.3) is 0 Å². The normalized spacial score (nSPS) is 17.1. The summed E-state index contributed by atoms with van der Waals surface area (Å²) in [6.07, 6.45) is 2.70. The number of carbonyl (C=O) groups is 1. The number of hydrogen-bond donors (Lipinski definition) is 2. The van der Waals surface area contributed by atoms with Crippen molar-refractivity contribution >= 4 is 17.4 Å². The maximum Gasteiger partial charge on any atom is 0.264 e. The van der Waals surface area contributed by atoms with Crippen LogP contribution in [0.15, 0.2) is 0 Å². The van der Waals surface area contributed by atoms with E-state index < -0.39 is 0 Å². The summed E-state index contributed by atoms with van der Waals surface area (Å²) >= 11 is 1.13. The van der Waals surface area contributed by atoms with E-state index in [0.717, 1.165) is 30.1 Å². The first-order chi connectivity index (χ1) is 7.71. The molecule has 2 N–H and O–H groups in total. The number of aliphatic hydroxyl groups excluding tert-OH is 1. The van der Waals surface area contributed by atoms with Crippen molar-refractivity contribution in [2.45, 2.75) is 26.2 Å². The van der Waals surface area contributed by atoms with Gasteiger partial charge in [0.2, 0.25) is 0 Å². The van der Waals surface area contributed by atoms with E-state index in [1.165, 1.54) is 0 Å². The van der Waals surface area contributed by atoms with Crippen molar-refractivity contribution in [2.75, 3.05) is 13.2 Å². The van der Waals surface area contributed by atoms with Crippen molar-refractivity contribution in [1.82, 2.24) is 14.9 Å². The van der Waals surface area contributed by atoms with Gasteiger partial charge in [0.05, 0.1) is 12.3 Å². The van der Waals surface area contributed by atoms with Gasteiger partial charge in [0.15, 0.2) is 0 Å². The molecule has 0 radical (unpaired) electrons. The predicted molar refractivity (Wildman–Crippen MR) is 60.4 cm³/mol. The maximum absolute atomic E-state index is 11.8. The van der Waals surface area contributed by atoms with Crippen LogP contribution in [0.2, 0.25) is 0 Å². The van der Waals surface area contributed by atoms with Crippen LogP contribution < -0.4 is 5.32 Å². The number of amides is 1. The van der Waals surface area contributed by atoms with Crippen molar-refractivity contribution < 1.29 is 9.90 Å². The van der Waals surface area contributed by atoms with Crippen LogP contribution in [0, 0.1) is 5.41 Å². The standard InChI is InChI=1S/C10H15N3O2S/c1-2-7-8(16-13-12-7)9(15)11-5-10(6-14)3-4-10/h14H,2-6H2,1H3,(H,11,15). The van der Waals surface area contributed by atoms with Crippen molar-refractivity contribution in [3.8, 4) is 0 Å². The molecular formula is C10H15N3O2S. The van der Waals surface area contributed by atoms with Crippen LogP contribution >= 0.6 is 11.5 Å². The summed E-state index contributed by atoms with van der Waals surface area (Å²) < 4.78 is 3.78. The van der Waals surface area contributed by atoms with Gasteiger partial charge in [-0.25, -0.2) is 0 Å². The number of nitrogens with zero attached hydrogens (tertiary/aromatic N) is 2. The summed E-state index contributed by atoms with van der Waals surface area (Å²) in [5, 5.41) is 15.9. The molecule has 1 amide bonds. The average molecular weight is 241 g/mol. The minimum Gasteiger partial charge on any atom is -0.396 e. The van der Waals surface area contributed by atoms with Gasteiger partial charge in [-0.15, -0.1) is 5.10 Å². The molecular weight excluding hydrogens is 226 g/mol. The van der Waals surface area contributed by atoms with E-state index in [0.29, 0.717) is 17.8 Å². The molecule has 16 heavy (non-hydrogen) atoms. The van der Waals surface area contributed by atoms with E-state index in [1.54, 1.807) is 0 Å². The highest BCUT2D eigenvalue weighted by Crippen LogP contribution is 2.44. The number of aromatic nitrogens is 2. The third-order valence-corrected chi connectivity index (χ3v) is 3.78. The van der Waals surface area contributed by atoms with Crippen molar-refractivity contribution in [3.05, 3.63) is 10.6 Å². The fourth-order valence-electron chi connectivity index (χ4n) is 1.53. The first-order valence-electron chi connectivity index (χ1n) is 5.41. The summed E-state index contributed by atoms with van der Waals surface area (Å²) in [6, 6.07) is 0. The van der Waals surface area contributed by atoms with Gasteiger partial charge in [-0.1, -0.05) is 11.4 Å². The summed E-state index contributed by atoms with van der Waals surface area (Å²) in [7, 11) is 0. The zero-order valence-corrected chi connectivity index (χ0v) is 10.0. The van der Waals surface area contributed by atoms with Crippen LogP contribution in [0.1, 0.15) is 35.1 Å². The third kappa shape index (κ3) is 2.22. The van der Waals surface area contributed by atoms with E-state index in [4.69, 9.17) is 5.11 Å². The topological polar surface area (TPSA) is 75.1 Å². The van der Waals surface area contributed by atoms with Crippen LogP contribution in [0.5, 0.6) is 0 Å². The highest BCUT2D eigenvalue weighted by Gasteiger charge is 2.42. The van der Waals surface area contributed by atoms with E-state index in [1.807, 2.05) is 6.92 Å². The number of aryl methyl sites for hydroxylation is 1. The summed E-state index contributed by atoms with van der Waals surface area (Å²) in [5.41, 5.74) is 0.691. The second-order valence-electron chi connectivity index (χ2n) is 4.24. The maximum atomic E-state index is 11.8. The lowest BCUT2D eigenvalue weighted by Gasteiger charge is -2.11. The van der Waals surface area contributed by atoms with E-state index in [2.05, 4.69) is 14.9 Å². The number of carbonyl (C=O) groups excluding carboxylic acids is 1. The zero-order chi connectivity index (χ0) is 11.6. The molecule has 0 unspecified atom stereocenters. The lowest BCUT2D eigenvalue weighted by Crippen LogP contribution is -2.31. The summed E-state index contributed by atoms with van der Waals surface area (Å²) in [5.74, 6) is -0.119. The Morgan fingerprint density at radius 3 is 2.94 bits per heavy atom. The first kappa shape index (κ1) is 11.5. The molecule has 1 saturated carbocycles. The van der Waals surface area contributed by atoms with E-state index in [-0.39, 0.29) is 17.9 Å². The zero-order valence-electron chi connectivity index (χ0n) is 9.19. The van der Waals surface area contributed by atoms with Gasteiger partial charge in [0, 0.05) is 12.0 Å². The summed E-state index contributed by atoms with van der Waals surface area (Å²) in [4.78, 5) is 12.4. The van der Waals surface area contributed by atoms with Crippen molar-refractivity contribution in [1.29, 1.82) is 0 Å². The molecule has 0 atom stereocenters. The summed E-state index contributed by atoms with van der Waals surface area (Å²) in [6.45, 7) is 2.64. The molecule has 0 aliphatic heterocycles. The number of rotatable bonds is 5. The van der Waals surface area contributed by atoms with Gasteiger partial charge in [0.25, 0.3) is 5.91 Å². The minimum atomic E-state index is -0.119. The van der Waals surface area contributed by atoms with Crippen molar-refractivity contribution in [2.24, 2.45) is 5.41 Å². The minimum absolute atomic E-state index is 0.0554. The Kier molecular flexibility index (Phi) is 3.20. The van der Waals surface area contributed by atoms with Gasteiger partial charge in [-0.05, 0) is 30.8 Å². The Morgan fingerprint density at radius 2 is 2.38 bits per heavy atom. The van der Waals surface area contributed by atoms with Crippen LogP contribution in [-0.2, 0) is 6.42 Å². The second kappa shape index (κ2) is 4.47. The SMILES string of the molecule is CCc1nnsc1C(=O)NCC1(CO)CC1. The molecule has 1 aliphatic rings. The molecule has 0 spiro atoms. The molecule has 88 valence electrons. The Labute approximate surface area is 98.0 Å². The quantitative estimate of drug-likeness (QED) is 0.791. The molecule has 1 fully saturated rings. The molecule has 0 aromatic carbocycles. The lowest BCUT2D eigenvalue weighted by atomic mass is 10.1. The molecule has 6 heteroatoms. The molecule has 1 aliphatic carbocycles. The van der Waals surface area contributed by atoms with Gasteiger partial charge in [-0.2, -0.15) is 0 Å². The van der Waals surface area contributed by atoms with Gasteiger partial charge in [-0.3, -0.25) is 4.79 Å². The van der Waals surface area contributed by atoms with Gasteiger partial charge >= 0.3 is 0 Å². The Bertz CT molecular complexity index is 387. The fraction of sp³-hybridized carbons (Fsp3) is 0.700. The Balaban J connectivity index is 1.93. The molecule has 2 rings (SSSR count). The first-order valence-corrected chi connectivity index (χ1v) is 6.18. The van der Waals surface area contributed by atoms with Crippen molar-refractivity contribution in [3.63, 3.8) is 0 Å². The average Bonchev–Trinajstić information content (AvgIpc) is 2.94. The lowest BCUT2D eigenvalue weighted by molar-refractivity contribution is 0.0938. The molecule has 1 aromatic rings. The Morgan fingerprint density at radius 1 is 1.62 bits per heavy atom. The van der Waals surface area contributed by atoms with E-state index in [9.17, 15) is 4.79 Å². The smallest absolute Gasteiger partial charge is 0.264 e. The number of aliphatic hydroxyl groups is 1. The molecule has 0 saturated heterocycles. The highest BCUT2D eigenvalue weighted by atomic mass is 32.1. The molecule has 1 heterocycles. The number of hydrogen-bond acceptors (Lipinski definition) is 5. The Hall–Kier alpha value is -1.01. The predicted octanol–water partition coefficient (Wildman–Crippen LogP) is 0.603. The third-order valence-electron chi connectivity index (χ3n) is 3.01. The fourth-order valence-corrected chi connectivity index (χ4v) is 2.19. The van der Waals surface area contributed by atoms with Gasteiger partial charge < -0.3 is 10.4 Å². The second-order valence-corrected chi connectivity index (χ2v) is 5.00.